The molecule has 1 N–H and O–H groups in total. The predicted octanol–water partition coefficient (Wildman–Crippen LogP) is 2.02. The molecule has 2 rings (SSSR count). The van der Waals surface area contributed by atoms with E-state index in [1.807, 2.05) is 0 Å². The fourth-order valence-electron chi connectivity index (χ4n) is 2.92. The second-order valence-corrected chi connectivity index (χ2v) is 5.07. The molecule has 0 unspecified atom stereocenters. The summed E-state index contributed by atoms with van der Waals surface area (Å²) in [5.74, 6) is 0.979. The van der Waals surface area contributed by atoms with Crippen molar-refractivity contribution < 1.29 is 5.11 Å². The monoisotopic (exact) mass is 197 g/mol. The van der Waals surface area contributed by atoms with Gasteiger partial charge in [-0.05, 0) is 38.0 Å². The fraction of sp³-hybridized carbons (Fsp3) is 1.00. The molecule has 0 atom stereocenters. The average molecular weight is 197 g/mol. The molecule has 82 valence electrons. The molecular weight excluding hydrogens is 174 g/mol. The van der Waals surface area contributed by atoms with Gasteiger partial charge in [0.05, 0.1) is 6.10 Å². The molecule has 0 bridgehead atoms. The minimum atomic E-state index is -0.000958. The highest BCUT2D eigenvalue weighted by Gasteiger charge is 2.33. The van der Waals surface area contributed by atoms with Gasteiger partial charge in [-0.2, -0.15) is 0 Å². The Labute approximate surface area is 87.3 Å². The maximum absolute atomic E-state index is 9.42. The number of aliphatic hydroxyl groups excluding tert-OH is 1. The molecule has 2 heteroatoms. The van der Waals surface area contributed by atoms with Gasteiger partial charge in [0.2, 0.25) is 0 Å². The van der Waals surface area contributed by atoms with Crippen LogP contribution in [-0.2, 0) is 0 Å². The van der Waals surface area contributed by atoms with Gasteiger partial charge in [-0.3, -0.25) is 4.90 Å². The van der Waals surface area contributed by atoms with Crippen molar-refractivity contribution in [3.63, 3.8) is 0 Å². The van der Waals surface area contributed by atoms with Crippen molar-refractivity contribution in [2.24, 2.45) is 5.92 Å². The third-order valence-electron chi connectivity index (χ3n) is 3.86. The topological polar surface area (TPSA) is 23.5 Å². The molecule has 1 saturated carbocycles. The van der Waals surface area contributed by atoms with Crippen molar-refractivity contribution in [2.45, 2.75) is 57.6 Å². The van der Waals surface area contributed by atoms with Crippen LogP contribution in [0.2, 0.25) is 0 Å². The highest BCUT2D eigenvalue weighted by Crippen LogP contribution is 2.30. The predicted molar refractivity (Wildman–Crippen MR) is 58.2 cm³/mol. The van der Waals surface area contributed by atoms with Crippen LogP contribution in [0.1, 0.15) is 45.4 Å². The first-order valence-electron chi connectivity index (χ1n) is 6.21. The van der Waals surface area contributed by atoms with Gasteiger partial charge in [0.25, 0.3) is 0 Å². The van der Waals surface area contributed by atoms with Gasteiger partial charge in [-0.25, -0.2) is 0 Å². The molecular formula is C12H23NO. The van der Waals surface area contributed by atoms with E-state index < -0.39 is 0 Å². The Kier molecular flexibility index (Phi) is 3.45. The van der Waals surface area contributed by atoms with Crippen LogP contribution in [-0.4, -0.2) is 35.2 Å². The molecule has 1 aliphatic heterocycles. The lowest BCUT2D eigenvalue weighted by molar-refractivity contribution is 0.00733. The van der Waals surface area contributed by atoms with Gasteiger partial charge < -0.3 is 5.11 Å². The van der Waals surface area contributed by atoms with E-state index in [0.29, 0.717) is 0 Å². The summed E-state index contributed by atoms with van der Waals surface area (Å²) in [6.07, 6.45) is 7.24. The van der Waals surface area contributed by atoms with Crippen molar-refractivity contribution in [2.75, 3.05) is 13.1 Å². The molecule has 14 heavy (non-hydrogen) atoms. The lowest BCUT2D eigenvalue weighted by atomic mass is 9.86. The molecule has 0 aromatic carbocycles. The summed E-state index contributed by atoms with van der Waals surface area (Å²) in [5.41, 5.74) is 0. The van der Waals surface area contributed by atoms with Crippen LogP contribution < -0.4 is 0 Å². The molecule has 1 saturated heterocycles. The minimum absolute atomic E-state index is 0.000958. The molecule has 1 aliphatic carbocycles. The Morgan fingerprint density at radius 3 is 2.36 bits per heavy atom. The normalized spacial score (nSPS) is 35.6. The Balaban J connectivity index is 1.67. The van der Waals surface area contributed by atoms with Crippen molar-refractivity contribution in [1.29, 1.82) is 0 Å². The molecule has 2 aliphatic rings. The summed E-state index contributed by atoms with van der Waals surface area (Å²) in [6.45, 7) is 4.93. The molecule has 0 radical (unpaired) electrons. The van der Waals surface area contributed by atoms with E-state index in [-0.39, 0.29) is 6.10 Å². The minimum Gasteiger partial charge on any atom is -0.393 e. The number of hydrogen-bond acceptors (Lipinski definition) is 2. The van der Waals surface area contributed by atoms with Crippen molar-refractivity contribution in [1.82, 2.24) is 4.90 Å². The highest BCUT2D eigenvalue weighted by molar-refractivity contribution is 4.87. The third-order valence-corrected chi connectivity index (χ3v) is 3.86. The van der Waals surface area contributed by atoms with E-state index in [2.05, 4.69) is 11.8 Å². The lowest BCUT2D eigenvalue weighted by Crippen LogP contribution is -2.53. The molecule has 0 spiro atoms. The van der Waals surface area contributed by atoms with E-state index in [1.165, 1.54) is 38.8 Å². The summed E-state index contributed by atoms with van der Waals surface area (Å²) in [7, 11) is 0. The second-order valence-electron chi connectivity index (χ2n) is 5.07. The quantitative estimate of drug-likeness (QED) is 0.748. The van der Waals surface area contributed by atoms with Crippen molar-refractivity contribution in [3.05, 3.63) is 0 Å². The SMILES string of the molecule is CCCC1CN(C2CCC(O)CC2)C1. The molecule has 0 amide bonds. The highest BCUT2D eigenvalue weighted by atomic mass is 16.3. The van der Waals surface area contributed by atoms with Gasteiger partial charge in [-0.15, -0.1) is 0 Å². The molecule has 0 aromatic heterocycles. The van der Waals surface area contributed by atoms with Crippen molar-refractivity contribution >= 4 is 0 Å². The first kappa shape index (κ1) is 10.4. The van der Waals surface area contributed by atoms with Gasteiger partial charge in [-0.1, -0.05) is 13.3 Å². The van der Waals surface area contributed by atoms with E-state index >= 15 is 0 Å². The lowest BCUT2D eigenvalue weighted by Gasteiger charge is -2.46. The molecule has 2 fully saturated rings. The summed E-state index contributed by atoms with van der Waals surface area (Å²) < 4.78 is 0. The molecule has 2 nitrogen and oxygen atoms in total. The largest absolute Gasteiger partial charge is 0.393 e. The summed E-state index contributed by atoms with van der Waals surface area (Å²) in [5, 5.41) is 9.42. The standard InChI is InChI=1S/C12H23NO/c1-2-3-10-8-13(9-10)11-4-6-12(14)7-5-11/h10-12,14H,2-9H2,1H3. The van der Waals surface area contributed by atoms with Crippen molar-refractivity contribution in [3.8, 4) is 0 Å². The Hall–Kier alpha value is -0.0800. The zero-order valence-corrected chi connectivity index (χ0v) is 9.28. The molecule has 1 heterocycles. The van der Waals surface area contributed by atoms with Crippen LogP contribution in [0, 0.1) is 5.92 Å². The maximum atomic E-state index is 9.42. The Bertz CT molecular complexity index is 169. The summed E-state index contributed by atoms with van der Waals surface area (Å²) in [4.78, 5) is 2.63. The number of hydrogen-bond donors (Lipinski definition) is 1. The first-order chi connectivity index (χ1) is 6.79. The smallest absolute Gasteiger partial charge is 0.0541 e. The van der Waals surface area contributed by atoms with Crippen LogP contribution in [0.25, 0.3) is 0 Å². The zero-order valence-electron chi connectivity index (χ0n) is 9.28. The Morgan fingerprint density at radius 1 is 1.14 bits per heavy atom. The van der Waals surface area contributed by atoms with E-state index in [4.69, 9.17) is 0 Å². The number of aliphatic hydroxyl groups is 1. The van der Waals surface area contributed by atoms with Gasteiger partial charge in [0, 0.05) is 19.1 Å². The van der Waals surface area contributed by atoms with Crippen LogP contribution in [0.15, 0.2) is 0 Å². The molecule has 0 aromatic rings. The number of likely N-dealkylation sites (tertiary alicyclic amines) is 1. The summed E-state index contributed by atoms with van der Waals surface area (Å²) >= 11 is 0. The number of rotatable bonds is 3. The van der Waals surface area contributed by atoms with E-state index in [9.17, 15) is 5.11 Å². The zero-order chi connectivity index (χ0) is 9.97. The first-order valence-corrected chi connectivity index (χ1v) is 6.21. The second kappa shape index (κ2) is 4.63. The van der Waals surface area contributed by atoms with Crippen LogP contribution in [0.4, 0.5) is 0 Å². The number of nitrogens with zero attached hydrogens (tertiary/aromatic N) is 1. The fourth-order valence-corrected chi connectivity index (χ4v) is 2.92. The van der Waals surface area contributed by atoms with E-state index in [1.54, 1.807) is 0 Å². The van der Waals surface area contributed by atoms with Gasteiger partial charge in [0.1, 0.15) is 0 Å². The van der Waals surface area contributed by atoms with Gasteiger partial charge in [0.15, 0.2) is 0 Å². The Morgan fingerprint density at radius 2 is 1.79 bits per heavy atom. The average Bonchev–Trinajstić information content (AvgIpc) is 2.13. The van der Waals surface area contributed by atoms with Crippen LogP contribution in [0.5, 0.6) is 0 Å². The maximum Gasteiger partial charge on any atom is 0.0541 e. The van der Waals surface area contributed by atoms with Gasteiger partial charge >= 0.3 is 0 Å². The summed E-state index contributed by atoms with van der Waals surface area (Å²) in [6, 6.07) is 0.798. The van der Waals surface area contributed by atoms with E-state index in [0.717, 1.165) is 24.8 Å². The van der Waals surface area contributed by atoms with Crippen LogP contribution >= 0.6 is 0 Å². The third kappa shape index (κ3) is 2.29. The van der Waals surface area contributed by atoms with Crippen LogP contribution in [0.3, 0.4) is 0 Å².